The van der Waals surface area contributed by atoms with Gasteiger partial charge in [-0.15, -0.1) is 0 Å². The van der Waals surface area contributed by atoms with E-state index in [0.717, 1.165) is 29.2 Å². The molecule has 0 saturated heterocycles. The summed E-state index contributed by atoms with van der Waals surface area (Å²) in [7, 11) is 0. The monoisotopic (exact) mass is 367 g/mol. The third-order valence-corrected chi connectivity index (χ3v) is 4.74. The van der Waals surface area contributed by atoms with Gasteiger partial charge in [0.2, 0.25) is 0 Å². The van der Waals surface area contributed by atoms with Crippen molar-refractivity contribution in [3.8, 4) is 5.75 Å². The predicted molar refractivity (Wildman–Crippen MR) is 105 cm³/mol. The molecule has 5 heteroatoms. The van der Waals surface area contributed by atoms with E-state index in [1.807, 2.05) is 43.3 Å². The van der Waals surface area contributed by atoms with Crippen molar-refractivity contribution >= 4 is 17.0 Å². The molecule has 3 aromatic rings. The lowest BCUT2D eigenvalue weighted by Crippen LogP contribution is -2.35. The van der Waals surface area contributed by atoms with Gasteiger partial charge in [-0.3, -0.25) is 0 Å². The van der Waals surface area contributed by atoms with Gasteiger partial charge in [0.1, 0.15) is 18.9 Å². The fourth-order valence-corrected chi connectivity index (χ4v) is 3.44. The molecular weight excluding hydrogens is 340 g/mol. The highest BCUT2D eigenvalue weighted by atomic mass is 16.5. The molecule has 0 N–H and O–H groups in total. The highest BCUT2D eigenvalue weighted by Gasteiger charge is 2.22. The zero-order chi connectivity index (χ0) is 19.4. The lowest BCUT2D eigenvalue weighted by molar-refractivity contribution is -0.675. The Hall–Kier alpha value is -2.82. The molecular formula is C22H27N2O3+. The number of hydrogen-bond donors (Lipinski definition) is 0. The molecule has 1 heterocycles. The summed E-state index contributed by atoms with van der Waals surface area (Å²) in [5.74, 6) is 1.73. The fraction of sp³-hybridized carbons (Fsp3) is 0.364. The number of hydrogen-bond acceptors (Lipinski definition) is 3. The molecule has 2 aromatic carbocycles. The molecule has 0 spiro atoms. The summed E-state index contributed by atoms with van der Waals surface area (Å²) in [5.41, 5.74) is 3.88. The molecule has 27 heavy (non-hydrogen) atoms. The normalized spacial score (nSPS) is 11.0. The Morgan fingerprint density at radius 2 is 1.93 bits per heavy atom. The highest BCUT2D eigenvalue weighted by Crippen LogP contribution is 2.18. The number of aryl methyl sites for hydroxylation is 2. The van der Waals surface area contributed by atoms with Gasteiger partial charge in [0.05, 0.1) is 18.7 Å². The quantitative estimate of drug-likeness (QED) is 0.471. The van der Waals surface area contributed by atoms with Crippen LogP contribution in [0.5, 0.6) is 5.75 Å². The zero-order valence-corrected chi connectivity index (χ0v) is 16.5. The lowest BCUT2D eigenvalue weighted by atomic mass is 10.2. The van der Waals surface area contributed by atoms with E-state index >= 15 is 0 Å². The maximum Gasteiger partial charge on any atom is 0.338 e. The minimum Gasteiger partial charge on any atom is -0.489 e. The summed E-state index contributed by atoms with van der Waals surface area (Å²) in [4.78, 5) is 12.1. The average molecular weight is 367 g/mol. The second-order valence-electron chi connectivity index (χ2n) is 6.53. The van der Waals surface area contributed by atoms with Gasteiger partial charge < -0.3 is 9.47 Å². The van der Waals surface area contributed by atoms with E-state index in [2.05, 4.69) is 36.0 Å². The Morgan fingerprint density at radius 3 is 2.63 bits per heavy atom. The van der Waals surface area contributed by atoms with Crippen molar-refractivity contribution in [3.05, 3.63) is 59.4 Å². The first-order chi connectivity index (χ1) is 13.0. The van der Waals surface area contributed by atoms with Gasteiger partial charge in [0, 0.05) is 13.0 Å². The molecule has 0 aliphatic rings. The number of aromatic nitrogens is 2. The van der Waals surface area contributed by atoms with Crippen molar-refractivity contribution in [1.29, 1.82) is 0 Å². The minimum atomic E-state index is -0.288. The van der Waals surface area contributed by atoms with Gasteiger partial charge in [0.15, 0.2) is 11.0 Å². The number of fused-ring (bicyclic) bond motifs is 1. The second-order valence-corrected chi connectivity index (χ2v) is 6.53. The van der Waals surface area contributed by atoms with Crippen molar-refractivity contribution in [3.63, 3.8) is 0 Å². The number of benzene rings is 2. The van der Waals surface area contributed by atoms with Gasteiger partial charge in [-0.2, -0.15) is 0 Å². The molecule has 0 bridgehead atoms. The Kier molecular flexibility index (Phi) is 5.79. The van der Waals surface area contributed by atoms with Crippen LogP contribution in [0.3, 0.4) is 0 Å². The molecule has 0 atom stereocenters. The van der Waals surface area contributed by atoms with Gasteiger partial charge in [-0.05, 0) is 50.6 Å². The van der Waals surface area contributed by atoms with Crippen LogP contribution in [0.15, 0.2) is 42.5 Å². The maximum atomic E-state index is 12.1. The summed E-state index contributed by atoms with van der Waals surface area (Å²) >= 11 is 0. The molecule has 0 radical (unpaired) electrons. The van der Waals surface area contributed by atoms with Crippen molar-refractivity contribution in [2.24, 2.45) is 0 Å². The summed E-state index contributed by atoms with van der Waals surface area (Å²) in [5, 5.41) is 0. The van der Waals surface area contributed by atoms with Crippen LogP contribution in [0, 0.1) is 13.8 Å². The van der Waals surface area contributed by atoms with Crippen LogP contribution in [-0.4, -0.2) is 23.8 Å². The van der Waals surface area contributed by atoms with Crippen molar-refractivity contribution in [2.45, 2.75) is 40.8 Å². The van der Waals surface area contributed by atoms with Crippen LogP contribution in [0.2, 0.25) is 0 Å². The van der Waals surface area contributed by atoms with E-state index in [4.69, 9.17) is 9.47 Å². The molecule has 0 aliphatic heterocycles. The lowest BCUT2D eigenvalue weighted by Gasteiger charge is -2.06. The molecule has 3 rings (SSSR count). The Morgan fingerprint density at radius 1 is 1.11 bits per heavy atom. The van der Waals surface area contributed by atoms with Gasteiger partial charge in [-0.25, -0.2) is 13.9 Å². The first kappa shape index (κ1) is 19.0. The maximum absolute atomic E-state index is 12.1. The summed E-state index contributed by atoms with van der Waals surface area (Å²) in [6.45, 7) is 10.6. The topological polar surface area (TPSA) is 44.3 Å². The number of esters is 1. The molecule has 0 aliphatic carbocycles. The Balaban J connectivity index is 1.89. The molecule has 0 saturated carbocycles. The molecule has 142 valence electrons. The van der Waals surface area contributed by atoms with Crippen LogP contribution in [0.1, 0.15) is 35.6 Å². The number of nitrogens with zero attached hydrogens (tertiary/aromatic N) is 2. The standard InChI is InChI=1S/C22H27N2O3/c1-5-23-17(4)24(12-13-27-19-9-7-8-16(3)14-19)21-15-18(10-11-20(21)23)22(25)26-6-2/h7-11,14-15H,5-6,12-13H2,1-4H3/q+1. The average Bonchev–Trinajstić information content (AvgIpc) is 2.92. The van der Waals surface area contributed by atoms with Crippen LogP contribution in [0.25, 0.3) is 11.0 Å². The van der Waals surface area contributed by atoms with Gasteiger partial charge in [-0.1, -0.05) is 12.1 Å². The number of rotatable bonds is 7. The van der Waals surface area contributed by atoms with Crippen LogP contribution < -0.4 is 9.30 Å². The van der Waals surface area contributed by atoms with E-state index in [9.17, 15) is 4.79 Å². The minimum absolute atomic E-state index is 0.288. The number of imidazole rings is 1. The summed E-state index contributed by atoms with van der Waals surface area (Å²) in [6.07, 6.45) is 0. The fourth-order valence-electron chi connectivity index (χ4n) is 3.44. The number of carbonyl (C=O) groups is 1. The van der Waals surface area contributed by atoms with Crippen molar-refractivity contribution in [1.82, 2.24) is 4.57 Å². The molecule has 0 unspecified atom stereocenters. The van der Waals surface area contributed by atoms with Gasteiger partial charge in [0.25, 0.3) is 5.82 Å². The van der Waals surface area contributed by atoms with Crippen LogP contribution in [0.4, 0.5) is 0 Å². The number of carbonyl (C=O) groups excluding carboxylic acids is 1. The molecule has 1 aromatic heterocycles. The summed E-state index contributed by atoms with van der Waals surface area (Å²) in [6, 6.07) is 13.8. The van der Waals surface area contributed by atoms with E-state index < -0.39 is 0 Å². The van der Waals surface area contributed by atoms with E-state index in [-0.39, 0.29) is 5.97 Å². The van der Waals surface area contributed by atoms with E-state index in [1.165, 1.54) is 5.56 Å². The van der Waals surface area contributed by atoms with Crippen LogP contribution in [-0.2, 0) is 17.8 Å². The van der Waals surface area contributed by atoms with Crippen molar-refractivity contribution in [2.75, 3.05) is 13.2 Å². The SMILES string of the molecule is CCOC(=O)c1ccc2c(c1)n(CCOc1cccc(C)c1)c(C)[n+]2CC. The highest BCUT2D eigenvalue weighted by molar-refractivity contribution is 5.93. The van der Waals surface area contributed by atoms with Crippen LogP contribution >= 0.6 is 0 Å². The van der Waals surface area contributed by atoms with E-state index in [0.29, 0.717) is 25.3 Å². The Labute approximate surface area is 160 Å². The third-order valence-electron chi connectivity index (χ3n) is 4.74. The predicted octanol–water partition coefficient (Wildman–Crippen LogP) is 3.82. The zero-order valence-electron chi connectivity index (χ0n) is 16.5. The first-order valence-corrected chi connectivity index (χ1v) is 9.44. The first-order valence-electron chi connectivity index (χ1n) is 9.44. The summed E-state index contributed by atoms with van der Waals surface area (Å²) < 4.78 is 15.5. The van der Waals surface area contributed by atoms with E-state index in [1.54, 1.807) is 0 Å². The number of ether oxygens (including phenoxy) is 2. The second kappa shape index (κ2) is 8.25. The third kappa shape index (κ3) is 3.97. The molecule has 5 nitrogen and oxygen atoms in total. The van der Waals surface area contributed by atoms with Crippen molar-refractivity contribution < 1.29 is 18.8 Å². The molecule has 0 amide bonds. The Bertz CT molecular complexity index is 960. The van der Waals surface area contributed by atoms with Gasteiger partial charge >= 0.3 is 5.97 Å². The largest absolute Gasteiger partial charge is 0.489 e. The smallest absolute Gasteiger partial charge is 0.338 e. The molecule has 0 fully saturated rings.